The molecule has 0 bridgehead atoms. The van der Waals surface area contributed by atoms with Gasteiger partial charge in [0, 0.05) is 24.3 Å². The molecular weight excluding hydrogens is 320 g/mol. The van der Waals surface area contributed by atoms with Gasteiger partial charge in [0.25, 0.3) is 0 Å². The molecule has 0 aliphatic carbocycles. The van der Waals surface area contributed by atoms with E-state index in [1.54, 1.807) is 19.1 Å². The fraction of sp³-hybridized carbons (Fsp3) is 0.375. The van der Waals surface area contributed by atoms with Crippen molar-refractivity contribution in [2.45, 2.75) is 13.3 Å². The zero-order valence-electron chi connectivity index (χ0n) is 13.1. The molecule has 1 aromatic heterocycles. The molecule has 0 aliphatic rings. The van der Waals surface area contributed by atoms with Crippen LogP contribution in [-0.4, -0.2) is 37.9 Å². The van der Waals surface area contributed by atoms with E-state index in [-0.39, 0.29) is 24.7 Å². The number of phenolic OH excluding ortho intramolecular Hbond substituents is 1. The van der Waals surface area contributed by atoms with E-state index in [9.17, 15) is 14.7 Å². The van der Waals surface area contributed by atoms with Gasteiger partial charge in [0.15, 0.2) is 24.1 Å². The lowest BCUT2D eigenvalue weighted by Crippen LogP contribution is -2.16. The lowest BCUT2D eigenvalue weighted by Gasteiger charge is -2.06. The standard InChI is InChI=1S/C16H18O6S/c1-9(16(19)21-3)4-12(18)15-6-10-5-11(17)13(22-8-20-2)7-14(10)23-15/h5-7,9,17H,4,8H2,1-3H3/t9-/m0/s1. The molecule has 1 N–H and O–H groups in total. The van der Waals surface area contributed by atoms with Gasteiger partial charge in [-0.2, -0.15) is 0 Å². The highest BCUT2D eigenvalue weighted by Gasteiger charge is 2.20. The third kappa shape index (κ3) is 4.00. The second-order valence-corrected chi connectivity index (χ2v) is 6.15. The van der Waals surface area contributed by atoms with Crippen LogP contribution in [0.25, 0.3) is 10.1 Å². The fourth-order valence-corrected chi connectivity index (χ4v) is 3.12. The Morgan fingerprint density at radius 2 is 2.00 bits per heavy atom. The summed E-state index contributed by atoms with van der Waals surface area (Å²) in [6.07, 6.45) is 0.0819. The smallest absolute Gasteiger partial charge is 0.308 e. The Labute approximate surface area is 137 Å². The first-order valence-electron chi connectivity index (χ1n) is 6.95. The van der Waals surface area contributed by atoms with Crippen LogP contribution in [0.4, 0.5) is 0 Å². The largest absolute Gasteiger partial charge is 0.504 e. The molecule has 0 spiro atoms. The Morgan fingerprint density at radius 3 is 2.65 bits per heavy atom. The van der Waals surface area contributed by atoms with Crippen molar-refractivity contribution in [1.29, 1.82) is 0 Å². The second-order valence-electron chi connectivity index (χ2n) is 5.07. The summed E-state index contributed by atoms with van der Waals surface area (Å²) in [7, 11) is 2.78. The Balaban J connectivity index is 2.22. The highest BCUT2D eigenvalue weighted by atomic mass is 32.1. The minimum Gasteiger partial charge on any atom is -0.504 e. The summed E-state index contributed by atoms with van der Waals surface area (Å²) in [6.45, 7) is 1.67. The van der Waals surface area contributed by atoms with Crippen molar-refractivity contribution in [3.8, 4) is 11.5 Å². The first kappa shape index (κ1) is 17.2. The number of rotatable bonds is 7. The maximum atomic E-state index is 12.3. The van der Waals surface area contributed by atoms with Crippen LogP contribution in [0.2, 0.25) is 0 Å². The zero-order valence-corrected chi connectivity index (χ0v) is 13.9. The maximum Gasteiger partial charge on any atom is 0.308 e. The predicted octanol–water partition coefficient (Wildman–Crippen LogP) is 2.97. The summed E-state index contributed by atoms with van der Waals surface area (Å²) in [5, 5.41) is 10.7. The Bertz CT molecular complexity index is 721. The van der Waals surface area contributed by atoms with Crippen molar-refractivity contribution in [2.24, 2.45) is 5.92 Å². The summed E-state index contributed by atoms with van der Waals surface area (Å²) in [5.41, 5.74) is 0. The van der Waals surface area contributed by atoms with Crippen molar-refractivity contribution in [3.63, 3.8) is 0 Å². The van der Waals surface area contributed by atoms with Crippen LogP contribution in [0.3, 0.4) is 0 Å². The van der Waals surface area contributed by atoms with E-state index in [4.69, 9.17) is 9.47 Å². The van der Waals surface area contributed by atoms with Gasteiger partial charge in [-0.1, -0.05) is 6.92 Å². The normalized spacial score (nSPS) is 12.1. The lowest BCUT2D eigenvalue weighted by atomic mass is 10.0. The number of Topliss-reactive ketones (excluding diaryl/α,β-unsaturated/α-hetero) is 1. The van der Waals surface area contributed by atoms with E-state index in [1.165, 1.54) is 31.6 Å². The Morgan fingerprint density at radius 1 is 1.26 bits per heavy atom. The van der Waals surface area contributed by atoms with Crippen LogP contribution in [0.1, 0.15) is 23.0 Å². The van der Waals surface area contributed by atoms with Crippen LogP contribution >= 0.6 is 11.3 Å². The van der Waals surface area contributed by atoms with Gasteiger partial charge >= 0.3 is 5.97 Å². The van der Waals surface area contributed by atoms with Gasteiger partial charge in [-0.3, -0.25) is 9.59 Å². The van der Waals surface area contributed by atoms with Crippen molar-refractivity contribution in [2.75, 3.05) is 21.0 Å². The second kappa shape index (κ2) is 7.43. The molecule has 2 aromatic rings. The fourth-order valence-electron chi connectivity index (χ4n) is 2.09. The molecule has 0 saturated heterocycles. The maximum absolute atomic E-state index is 12.3. The van der Waals surface area contributed by atoms with Gasteiger partial charge in [0.05, 0.1) is 17.9 Å². The number of hydrogen-bond acceptors (Lipinski definition) is 7. The molecule has 0 unspecified atom stereocenters. The number of esters is 1. The van der Waals surface area contributed by atoms with Gasteiger partial charge in [-0.05, 0) is 17.5 Å². The number of fused-ring (bicyclic) bond motifs is 1. The monoisotopic (exact) mass is 338 g/mol. The zero-order chi connectivity index (χ0) is 17.0. The molecule has 7 heteroatoms. The van der Waals surface area contributed by atoms with Gasteiger partial charge in [-0.25, -0.2) is 0 Å². The number of aromatic hydroxyl groups is 1. The van der Waals surface area contributed by atoms with Crippen molar-refractivity contribution in [3.05, 3.63) is 23.1 Å². The molecule has 1 heterocycles. The predicted molar refractivity (Wildman–Crippen MR) is 86.1 cm³/mol. The van der Waals surface area contributed by atoms with Crippen molar-refractivity contribution < 1.29 is 28.9 Å². The Kier molecular flexibility index (Phi) is 5.57. The van der Waals surface area contributed by atoms with E-state index >= 15 is 0 Å². The van der Waals surface area contributed by atoms with E-state index in [1.807, 2.05) is 0 Å². The molecule has 6 nitrogen and oxygen atoms in total. The molecular formula is C16H18O6S. The number of ketones is 1. The number of hydrogen-bond donors (Lipinski definition) is 1. The van der Waals surface area contributed by atoms with Crippen LogP contribution in [-0.2, 0) is 14.3 Å². The van der Waals surface area contributed by atoms with Gasteiger partial charge < -0.3 is 19.3 Å². The molecule has 0 saturated carbocycles. The molecule has 23 heavy (non-hydrogen) atoms. The van der Waals surface area contributed by atoms with Crippen LogP contribution < -0.4 is 4.74 Å². The summed E-state index contributed by atoms with van der Waals surface area (Å²) in [4.78, 5) is 24.2. The minimum absolute atomic E-state index is 0.0192. The van der Waals surface area contributed by atoms with Gasteiger partial charge in [-0.15, -0.1) is 11.3 Å². The van der Waals surface area contributed by atoms with E-state index in [0.717, 1.165) is 10.1 Å². The van der Waals surface area contributed by atoms with Gasteiger partial charge in [0.1, 0.15) is 0 Å². The van der Waals surface area contributed by atoms with Crippen LogP contribution in [0, 0.1) is 5.92 Å². The summed E-state index contributed by atoms with van der Waals surface area (Å²) < 4.78 is 15.5. The molecule has 0 amide bonds. The summed E-state index contributed by atoms with van der Waals surface area (Å²) >= 11 is 1.29. The van der Waals surface area contributed by atoms with E-state index in [2.05, 4.69) is 4.74 Å². The molecule has 1 atom stereocenters. The highest BCUT2D eigenvalue weighted by Crippen LogP contribution is 2.36. The quantitative estimate of drug-likeness (QED) is 0.475. The Hall–Kier alpha value is -2.12. The first-order chi connectivity index (χ1) is 11.0. The topological polar surface area (TPSA) is 82.1 Å². The third-order valence-electron chi connectivity index (χ3n) is 3.30. The number of phenols is 1. The summed E-state index contributed by atoms with van der Waals surface area (Å²) in [5.74, 6) is -0.764. The molecule has 1 aromatic carbocycles. The summed E-state index contributed by atoms with van der Waals surface area (Å²) in [6, 6.07) is 4.90. The highest BCUT2D eigenvalue weighted by molar-refractivity contribution is 7.20. The number of methoxy groups -OCH3 is 2. The number of benzene rings is 1. The first-order valence-corrected chi connectivity index (χ1v) is 7.77. The van der Waals surface area contributed by atoms with Gasteiger partial charge in [0.2, 0.25) is 0 Å². The van der Waals surface area contributed by atoms with E-state index < -0.39 is 11.9 Å². The number of carbonyl (C=O) groups excluding carboxylic acids is 2. The van der Waals surface area contributed by atoms with Crippen molar-refractivity contribution >= 4 is 33.2 Å². The molecule has 2 rings (SSSR count). The lowest BCUT2D eigenvalue weighted by molar-refractivity contribution is -0.144. The SMILES string of the molecule is COCOc1cc2sc(C(=O)C[C@H](C)C(=O)OC)cc2cc1O. The molecule has 124 valence electrons. The molecule has 0 radical (unpaired) electrons. The van der Waals surface area contributed by atoms with Crippen LogP contribution in [0.15, 0.2) is 18.2 Å². The average molecular weight is 338 g/mol. The van der Waals surface area contributed by atoms with Crippen molar-refractivity contribution in [1.82, 2.24) is 0 Å². The average Bonchev–Trinajstić information content (AvgIpc) is 2.94. The van der Waals surface area contributed by atoms with E-state index in [0.29, 0.717) is 10.6 Å². The minimum atomic E-state index is -0.494. The number of carbonyl (C=O) groups is 2. The number of thiophene rings is 1. The molecule has 0 aliphatic heterocycles. The number of ether oxygens (including phenoxy) is 3. The van der Waals surface area contributed by atoms with Crippen LogP contribution in [0.5, 0.6) is 11.5 Å². The molecule has 0 fully saturated rings. The third-order valence-corrected chi connectivity index (χ3v) is 4.44.